The van der Waals surface area contributed by atoms with Gasteiger partial charge in [-0.05, 0) is 38.3 Å². The van der Waals surface area contributed by atoms with Crippen molar-refractivity contribution < 1.29 is 27.2 Å². The summed E-state index contributed by atoms with van der Waals surface area (Å²) in [7, 11) is -4.37. The second-order valence-corrected chi connectivity index (χ2v) is 14.0. The van der Waals surface area contributed by atoms with Crippen molar-refractivity contribution in [1.82, 2.24) is 4.90 Å². The summed E-state index contributed by atoms with van der Waals surface area (Å²) < 4.78 is 54.8. The van der Waals surface area contributed by atoms with Gasteiger partial charge in [0.25, 0.3) is 10.1 Å². The zero-order valence-corrected chi connectivity index (χ0v) is 26.6. The van der Waals surface area contributed by atoms with Crippen LogP contribution in [0, 0.1) is 5.92 Å². The number of unbranched alkanes of at least 4 members (excludes halogenated alkanes) is 10. The molecule has 228 valence electrons. The standard InChI is InChI=1S/C30H55NO6S2/c1-5-7-9-11-13-15-18-31(19-16-14-12-10-8-6-2)30(21-26(3)4,39(32,33)34)17-20-35-22-27-23-36-28-24-38-25-29(28)37-27/h24-27H,5-23H2,1-4H3,(H,32,33,34). The van der Waals surface area contributed by atoms with Crippen LogP contribution in [0.15, 0.2) is 10.8 Å². The van der Waals surface area contributed by atoms with E-state index in [1.165, 1.54) is 62.7 Å². The predicted octanol–water partition coefficient (Wildman–Crippen LogP) is 7.95. The normalized spacial score (nSPS) is 17.2. The van der Waals surface area contributed by atoms with Crippen LogP contribution in [0.2, 0.25) is 0 Å². The molecule has 0 aliphatic carbocycles. The monoisotopic (exact) mass is 589 g/mol. The number of ether oxygens (including phenoxy) is 3. The first-order chi connectivity index (χ1) is 18.7. The minimum Gasteiger partial charge on any atom is -0.485 e. The Labute approximate surface area is 242 Å². The molecule has 2 rings (SSSR count). The van der Waals surface area contributed by atoms with Crippen LogP contribution in [0.3, 0.4) is 0 Å². The molecule has 39 heavy (non-hydrogen) atoms. The largest absolute Gasteiger partial charge is 0.485 e. The highest BCUT2D eigenvalue weighted by molar-refractivity contribution is 7.87. The van der Waals surface area contributed by atoms with Crippen LogP contribution in [0.25, 0.3) is 0 Å². The van der Waals surface area contributed by atoms with Crippen LogP contribution >= 0.6 is 11.3 Å². The van der Waals surface area contributed by atoms with E-state index in [0.717, 1.165) is 37.2 Å². The smallest absolute Gasteiger partial charge is 0.284 e. The van der Waals surface area contributed by atoms with Gasteiger partial charge in [-0.25, -0.2) is 0 Å². The zero-order valence-electron chi connectivity index (χ0n) is 25.0. The highest BCUT2D eigenvalue weighted by atomic mass is 32.2. The summed E-state index contributed by atoms with van der Waals surface area (Å²) in [6.07, 6.45) is 14.1. The Hall–Kier alpha value is -0.870. The van der Waals surface area contributed by atoms with Gasteiger partial charge >= 0.3 is 0 Å². The summed E-state index contributed by atoms with van der Waals surface area (Å²) >= 11 is 1.53. The van der Waals surface area contributed by atoms with E-state index < -0.39 is 15.0 Å². The molecule has 1 aromatic heterocycles. The number of fused-ring (bicyclic) bond motifs is 1. The molecule has 0 saturated carbocycles. The van der Waals surface area contributed by atoms with Gasteiger partial charge in [0.05, 0.1) is 6.61 Å². The van der Waals surface area contributed by atoms with Gasteiger partial charge < -0.3 is 14.2 Å². The third-order valence-electron chi connectivity index (χ3n) is 7.60. The van der Waals surface area contributed by atoms with Crippen LogP contribution in [0.4, 0.5) is 0 Å². The average Bonchev–Trinajstić information content (AvgIpc) is 3.36. The number of hydrogen-bond acceptors (Lipinski definition) is 7. The molecule has 1 aliphatic rings. The highest BCUT2D eigenvalue weighted by Gasteiger charge is 2.47. The lowest BCUT2D eigenvalue weighted by Crippen LogP contribution is -2.56. The Morgan fingerprint density at radius 1 is 0.974 bits per heavy atom. The minimum absolute atomic E-state index is 0.107. The summed E-state index contributed by atoms with van der Waals surface area (Å²) in [4.78, 5) is 0.738. The fraction of sp³-hybridized carbons (Fsp3) is 0.867. The quantitative estimate of drug-likeness (QED) is 0.102. The van der Waals surface area contributed by atoms with E-state index >= 15 is 0 Å². The Morgan fingerprint density at radius 3 is 2.10 bits per heavy atom. The Balaban J connectivity index is 2.07. The molecule has 2 heterocycles. The summed E-state index contributed by atoms with van der Waals surface area (Å²) in [5.41, 5.74) is 0. The van der Waals surface area contributed by atoms with Gasteiger partial charge in [-0.3, -0.25) is 9.45 Å². The molecule has 0 saturated heterocycles. The molecule has 0 radical (unpaired) electrons. The van der Waals surface area contributed by atoms with Crippen molar-refractivity contribution in [2.24, 2.45) is 5.92 Å². The summed E-state index contributed by atoms with van der Waals surface area (Å²) in [6, 6.07) is 0. The van der Waals surface area contributed by atoms with Crippen molar-refractivity contribution in [1.29, 1.82) is 0 Å². The zero-order chi connectivity index (χ0) is 28.6. The number of hydrogen-bond donors (Lipinski definition) is 1. The molecule has 0 aromatic carbocycles. The van der Waals surface area contributed by atoms with Gasteiger partial charge in [-0.1, -0.05) is 91.9 Å². The first-order valence-electron chi connectivity index (χ1n) is 15.4. The van der Waals surface area contributed by atoms with E-state index in [2.05, 4.69) is 18.7 Å². The van der Waals surface area contributed by atoms with E-state index in [4.69, 9.17) is 14.2 Å². The molecule has 0 amide bonds. The van der Waals surface area contributed by atoms with Gasteiger partial charge in [0.2, 0.25) is 0 Å². The molecule has 0 fully saturated rings. The lowest BCUT2D eigenvalue weighted by Gasteiger charge is -2.43. The van der Waals surface area contributed by atoms with Gasteiger partial charge in [0.1, 0.15) is 6.61 Å². The molecule has 0 spiro atoms. The summed E-state index contributed by atoms with van der Waals surface area (Å²) in [5, 5.41) is 3.83. The molecule has 2 atom stereocenters. The van der Waals surface area contributed by atoms with Crippen LogP contribution in [-0.4, -0.2) is 61.8 Å². The predicted molar refractivity (Wildman–Crippen MR) is 162 cm³/mol. The van der Waals surface area contributed by atoms with E-state index in [-0.39, 0.29) is 25.0 Å². The van der Waals surface area contributed by atoms with Gasteiger partial charge in [0.15, 0.2) is 22.5 Å². The fourth-order valence-corrected chi connectivity index (χ4v) is 7.56. The fourth-order valence-electron chi connectivity index (χ4n) is 5.50. The molecule has 7 nitrogen and oxygen atoms in total. The van der Waals surface area contributed by atoms with Crippen molar-refractivity contribution in [3.8, 4) is 11.5 Å². The summed E-state index contributed by atoms with van der Waals surface area (Å²) in [6.45, 7) is 10.8. The minimum atomic E-state index is -4.37. The highest BCUT2D eigenvalue weighted by Crippen LogP contribution is 2.36. The third kappa shape index (κ3) is 11.9. The van der Waals surface area contributed by atoms with E-state index in [1.807, 2.05) is 24.6 Å². The second-order valence-electron chi connectivity index (χ2n) is 11.5. The lowest BCUT2D eigenvalue weighted by molar-refractivity contribution is -0.00278. The van der Waals surface area contributed by atoms with Crippen LogP contribution < -0.4 is 9.47 Å². The molecule has 9 heteroatoms. The molecule has 2 unspecified atom stereocenters. The number of rotatable bonds is 23. The van der Waals surface area contributed by atoms with E-state index in [1.54, 1.807) is 0 Å². The molecule has 0 bridgehead atoms. The first-order valence-corrected chi connectivity index (χ1v) is 17.8. The lowest BCUT2D eigenvalue weighted by atomic mass is 9.97. The topological polar surface area (TPSA) is 85.3 Å². The number of thiophene rings is 1. The van der Waals surface area contributed by atoms with Crippen LogP contribution in [0.1, 0.15) is 118 Å². The molecule has 1 aliphatic heterocycles. The molecule has 1 aromatic rings. The van der Waals surface area contributed by atoms with Crippen molar-refractivity contribution in [2.45, 2.75) is 129 Å². The van der Waals surface area contributed by atoms with Crippen molar-refractivity contribution in [3.63, 3.8) is 0 Å². The maximum absolute atomic E-state index is 13.2. The average molecular weight is 590 g/mol. The van der Waals surface area contributed by atoms with E-state index in [0.29, 0.717) is 32.7 Å². The maximum atomic E-state index is 13.2. The van der Waals surface area contributed by atoms with E-state index in [9.17, 15) is 13.0 Å². The second kappa shape index (κ2) is 18.5. The van der Waals surface area contributed by atoms with Crippen molar-refractivity contribution >= 4 is 21.5 Å². The maximum Gasteiger partial charge on any atom is 0.284 e. The SMILES string of the molecule is CCCCCCCCN(CCCCCCCC)C(CCOCC1COc2cscc2O1)(CC(C)C)S(=O)(=O)O. The van der Waals surface area contributed by atoms with Crippen LogP contribution in [-0.2, 0) is 14.9 Å². The van der Waals surface area contributed by atoms with Gasteiger partial charge in [-0.2, -0.15) is 8.42 Å². The molecular weight excluding hydrogens is 534 g/mol. The third-order valence-corrected chi connectivity index (χ3v) is 9.89. The van der Waals surface area contributed by atoms with Crippen LogP contribution in [0.5, 0.6) is 11.5 Å². The van der Waals surface area contributed by atoms with Crippen molar-refractivity contribution in [2.75, 3.05) is 32.9 Å². The van der Waals surface area contributed by atoms with Gasteiger partial charge in [0, 0.05) is 23.8 Å². The van der Waals surface area contributed by atoms with Crippen molar-refractivity contribution in [3.05, 3.63) is 10.8 Å². The summed E-state index contributed by atoms with van der Waals surface area (Å²) in [5.74, 6) is 1.60. The number of nitrogens with zero attached hydrogens (tertiary/aromatic N) is 1. The Bertz CT molecular complexity index is 859. The Morgan fingerprint density at radius 2 is 1.54 bits per heavy atom. The molecular formula is C30H55NO6S2. The first kappa shape index (κ1) is 34.3. The molecule has 1 N–H and O–H groups in total. The Kier molecular flexibility index (Phi) is 16.3. The van der Waals surface area contributed by atoms with Gasteiger partial charge in [-0.15, -0.1) is 11.3 Å².